The van der Waals surface area contributed by atoms with Crippen LogP contribution < -0.4 is 14.8 Å². The molecule has 0 radical (unpaired) electrons. The SMILES string of the molecule is COc1cc(OC)cc(C(=O)N2CCN(C(=O)C3(OC)CCNCC3)CC2)c1. The molecule has 2 aliphatic heterocycles. The van der Waals surface area contributed by atoms with Gasteiger partial charge in [-0.05, 0) is 38.1 Å². The van der Waals surface area contributed by atoms with Gasteiger partial charge < -0.3 is 29.3 Å². The van der Waals surface area contributed by atoms with E-state index in [1.165, 1.54) is 0 Å². The Balaban J connectivity index is 1.65. The molecule has 0 spiro atoms. The number of benzene rings is 1. The monoisotopic (exact) mass is 391 g/mol. The van der Waals surface area contributed by atoms with Gasteiger partial charge in [0.15, 0.2) is 0 Å². The topological polar surface area (TPSA) is 80.3 Å². The number of amides is 2. The molecule has 8 heteroatoms. The van der Waals surface area contributed by atoms with Crippen molar-refractivity contribution in [2.75, 3.05) is 60.6 Å². The van der Waals surface area contributed by atoms with Crippen LogP contribution in [0.15, 0.2) is 18.2 Å². The van der Waals surface area contributed by atoms with Gasteiger partial charge in [0.2, 0.25) is 0 Å². The fourth-order valence-corrected chi connectivity index (χ4v) is 3.85. The van der Waals surface area contributed by atoms with Crippen LogP contribution in [-0.2, 0) is 9.53 Å². The fraction of sp³-hybridized carbons (Fsp3) is 0.600. The molecule has 2 aliphatic rings. The Morgan fingerprint density at radius 2 is 1.43 bits per heavy atom. The molecule has 28 heavy (non-hydrogen) atoms. The fourth-order valence-electron chi connectivity index (χ4n) is 3.85. The van der Waals surface area contributed by atoms with Gasteiger partial charge in [-0.3, -0.25) is 9.59 Å². The third-order valence-electron chi connectivity index (χ3n) is 5.64. The number of ether oxygens (including phenoxy) is 3. The summed E-state index contributed by atoms with van der Waals surface area (Å²) >= 11 is 0. The number of hydrogen-bond acceptors (Lipinski definition) is 6. The van der Waals surface area contributed by atoms with Gasteiger partial charge in [0.1, 0.15) is 17.1 Å². The maximum Gasteiger partial charge on any atom is 0.255 e. The first-order chi connectivity index (χ1) is 13.5. The second-order valence-electron chi connectivity index (χ2n) is 7.13. The van der Waals surface area contributed by atoms with E-state index in [2.05, 4.69) is 5.32 Å². The van der Waals surface area contributed by atoms with Crippen LogP contribution >= 0.6 is 0 Å². The van der Waals surface area contributed by atoms with Crippen molar-refractivity contribution in [3.63, 3.8) is 0 Å². The summed E-state index contributed by atoms with van der Waals surface area (Å²) in [5.41, 5.74) is -0.222. The van der Waals surface area contributed by atoms with Gasteiger partial charge in [0.05, 0.1) is 14.2 Å². The molecule has 0 aromatic heterocycles. The molecular weight excluding hydrogens is 362 g/mol. The van der Waals surface area contributed by atoms with Crippen molar-refractivity contribution in [1.29, 1.82) is 0 Å². The zero-order valence-corrected chi connectivity index (χ0v) is 16.8. The standard InChI is InChI=1S/C20H29N3O5/c1-26-16-12-15(13-17(14-16)27-2)18(24)22-8-10-23(11-9-22)19(25)20(28-3)4-6-21-7-5-20/h12-14,21H,4-11H2,1-3H3. The van der Waals surface area contributed by atoms with Crippen LogP contribution in [0.3, 0.4) is 0 Å². The number of nitrogens with one attached hydrogen (secondary N) is 1. The lowest BCUT2D eigenvalue weighted by atomic mass is 9.90. The van der Waals surface area contributed by atoms with Gasteiger partial charge in [-0.25, -0.2) is 0 Å². The van der Waals surface area contributed by atoms with Crippen LogP contribution in [0, 0.1) is 0 Å². The van der Waals surface area contributed by atoms with Crippen molar-refractivity contribution < 1.29 is 23.8 Å². The van der Waals surface area contributed by atoms with Crippen molar-refractivity contribution in [3.8, 4) is 11.5 Å². The number of hydrogen-bond donors (Lipinski definition) is 1. The minimum atomic E-state index is -0.739. The van der Waals surface area contributed by atoms with Crippen LogP contribution in [0.1, 0.15) is 23.2 Å². The van der Waals surface area contributed by atoms with Crippen molar-refractivity contribution >= 4 is 11.8 Å². The van der Waals surface area contributed by atoms with E-state index < -0.39 is 5.60 Å². The number of carbonyl (C=O) groups is 2. The first kappa shape index (κ1) is 20.4. The van der Waals surface area contributed by atoms with Crippen LogP contribution in [-0.4, -0.2) is 87.8 Å². The third-order valence-corrected chi connectivity index (χ3v) is 5.64. The molecule has 2 heterocycles. The van der Waals surface area contributed by atoms with E-state index in [0.717, 1.165) is 13.1 Å². The van der Waals surface area contributed by atoms with Crippen LogP contribution in [0.4, 0.5) is 0 Å². The van der Waals surface area contributed by atoms with Gasteiger partial charge in [0.25, 0.3) is 11.8 Å². The quantitative estimate of drug-likeness (QED) is 0.798. The Labute approximate surface area is 165 Å². The highest BCUT2D eigenvalue weighted by Crippen LogP contribution is 2.27. The van der Waals surface area contributed by atoms with E-state index in [1.807, 2.05) is 4.90 Å². The highest BCUT2D eigenvalue weighted by atomic mass is 16.5. The Kier molecular flexibility index (Phi) is 6.41. The molecule has 3 rings (SSSR count). The van der Waals surface area contributed by atoms with Crippen LogP contribution in [0.2, 0.25) is 0 Å². The normalized spacial score (nSPS) is 19.2. The van der Waals surface area contributed by atoms with Gasteiger partial charge in [-0.15, -0.1) is 0 Å². The molecule has 1 aromatic carbocycles. The molecule has 8 nitrogen and oxygen atoms in total. The van der Waals surface area contributed by atoms with E-state index in [1.54, 1.807) is 44.4 Å². The Morgan fingerprint density at radius 3 is 1.93 bits per heavy atom. The maximum atomic E-state index is 13.1. The van der Waals surface area contributed by atoms with Crippen molar-refractivity contribution in [2.24, 2.45) is 0 Å². The van der Waals surface area contributed by atoms with Crippen molar-refractivity contribution in [1.82, 2.24) is 15.1 Å². The zero-order valence-electron chi connectivity index (χ0n) is 16.8. The van der Waals surface area contributed by atoms with Crippen LogP contribution in [0.5, 0.6) is 11.5 Å². The smallest absolute Gasteiger partial charge is 0.255 e. The summed E-state index contributed by atoms with van der Waals surface area (Å²) in [7, 11) is 4.72. The highest BCUT2D eigenvalue weighted by molar-refractivity contribution is 5.95. The minimum Gasteiger partial charge on any atom is -0.497 e. The molecule has 0 aliphatic carbocycles. The minimum absolute atomic E-state index is 0.0339. The lowest BCUT2D eigenvalue weighted by molar-refractivity contribution is -0.159. The summed E-state index contributed by atoms with van der Waals surface area (Å²) < 4.78 is 16.2. The predicted molar refractivity (Wildman–Crippen MR) is 104 cm³/mol. The predicted octanol–water partition coefficient (Wildman–Crippen LogP) is 0.757. The van der Waals surface area contributed by atoms with E-state index >= 15 is 0 Å². The molecular formula is C20H29N3O5. The van der Waals surface area contributed by atoms with Gasteiger partial charge in [-0.1, -0.05) is 0 Å². The van der Waals surface area contributed by atoms with E-state index in [4.69, 9.17) is 14.2 Å². The average Bonchev–Trinajstić information content (AvgIpc) is 2.78. The summed E-state index contributed by atoms with van der Waals surface area (Å²) in [6.45, 7) is 3.53. The zero-order chi connectivity index (χ0) is 20.1. The summed E-state index contributed by atoms with van der Waals surface area (Å²) in [5, 5.41) is 3.27. The molecule has 2 amide bonds. The number of rotatable bonds is 5. The molecule has 0 bridgehead atoms. The largest absolute Gasteiger partial charge is 0.497 e. The summed E-state index contributed by atoms with van der Waals surface area (Å²) in [4.78, 5) is 29.6. The Morgan fingerprint density at radius 1 is 0.893 bits per heavy atom. The Hall–Kier alpha value is -2.32. The Bertz CT molecular complexity index is 688. The second-order valence-corrected chi connectivity index (χ2v) is 7.13. The molecule has 154 valence electrons. The molecule has 2 saturated heterocycles. The highest BCUT2D eigenvalue weighted by Gasteiger charge is 2.43. The summed E-state index contributed by atoms with van der Waals surface area (Å²) in [6, 6.07) is 5.14. The van der Waals surface area contributed by atoms with Gasteiger partial charge in [0, 0.05) is 44.9 Å². The number of methoxy groups -OCH3 is 3. The van der Waals surface area contributed by atoms with Gasteiger partial charge >= 0.3 is 0 Å². The molecule has 1 N–H and O–H groups in total. The molecule has 0 atom stereocenters. The summed E-state index contributed by atoms with van der Waals surface area (Å²) in [5.74, 6) is 1.09. The lowest BCUT2D eigenvalue weighted by Crippen LogP contribution is -2.59. The van der Waals surface area contributed by atoms with Gasteiger partial charge in [-0.2, -0.15) is 0 Å². The maximum absolute atomic E-state index is 13.1. The first-order valence-corrected chi connectivity index (χ1v) is 9.60. The van der Waals surface area contributed by atoms with Crippen molar-refractivity contribution in [2.45, 2.75) is 18.4 Å². The van der Waals surface area contributed by atoms with E-state index in [9.17, 15) is 9.59 Å². The summed E-state index contributed by atoms with van der Waals surface area (Å²) in [6.07, 6.45) is 1.34. The van der Waals surface area contributed by atoms with E-state index in [0.29, 0.717) is 56.1 Å². The first-order valence-electron chi connectivity index (χ1n) is 9.60. The molecule has 1 aromatic rings. The second kappa shape index (κ2) is 8.79. The third kappa shape index (κ3) is 4.07. The molecule has 2 fully saturated rings. The lowest BCUT2D eigenvalue weighted by Gasteiger charge is -2.42. The van der Waals surface area contributed by atoms with Crippen molar-refractivity contribution in [3.05, 3.63) is 23.8 Å². The number of carbonyl (C=O) groups excluding carboxylic acids is 2. The average molecular weight is 391 g/mol. The number of piperidine rings is 1. The molecule has 0 unspecified atom stereocenters. The van der Waals surface area contributed by atoms with E-state index in [-0.39, 0.29) is 11.8 Å². The number of piperazine rings is 1. The molecule has 0 saturated carbocycles. The van der Waals surface area contributed by atoms with Crippen LogP contribution in [0.25, 0.3) is 0 Å². The number of nitrogens with zero attached hydrogens (tertiary/aromatic N) is 2.